The molecular weight excluding hydrogens is 382 g/mol. The summed E-state index contributed by atoms with van der Waals surface area (Å²) in [6.07, 6.45) is 2.02. The monoisotopic (exact) mass is 403 g/mol. The van der Waals surface area contributed by atoms with E-state index in [-0.39, 0.29) is 22.5 Å². The Labute approximate surface area is 172 Å². The summed E-state index contributed by atoms with van der Waals surface area (Å²) in [5, 5.41) is 4.72. The third-order valence-electron chi connectivity index (χ3n) is 5.19. The van der Waals surface area contributed by atoms with E-state index in [4.69, 9.17) is 14.9 Å². The van der Waals surface area contributed by atoms with Crippen molar-refractivity contribution in [1.82, 2.24) is 9.78 Å². The number of carbonyl (C=O) groups is 1. The predicted molar refractivity (Wildman–Crippen MR) is 115 cm³/mol. The van der Waals surface area contributed by atoms with E-state index in [2.05, 4.69) is 5.10 Å². The number of rotatable bonds is 5. The smallest absolute Gasteiger partial charge is 0.336 e. The largest absolute Gasteiger partial charge is 0.496 e. The molecule has 0 saturated heterocycles. The molecule has 0 amide bonds. The minimum atomic E-state index is -0.555. The number of nitrogens with zero attached hydrogens (tertiary/aromatic N) is 2. The molecule has 0 saturated carbocycles. The molecule has 0 spiro atoms. The Morgan fingerprint density at radius 3 is 2.57 bits per heavy atom. The zero-order valence-corrected chi connectivity index (χ0v) is 16.9. The minimum absolute atomic E-state index is 0.168. The Kier molecular flexibility index (Phi) is 4.87. The Balaban J connectivity index is 2.13. The van der Waals surface area contributed by atoms with Crippen molar-refractivity contribution in [1.29, 1.82) is 0 Å². The van der Waals surface area contributed by atoms with E-state index in [1.807, 2.05) is 43.3 Å². The summed E-state index contributed by atoms with van der Waals surface area (Å²) in [6.45, 7) is 1.97. The molecule has 0 aliphatic heterocycles. The van der Waals surface area contributed by atoms with Crippen LogP contribution in [0.15, 0.2) is 57.9 Å². The highest BCUT2D eigenvalue weighted by Crippen LogP contribution is 2.38. The van der Waals surface area contributed by atoms with Gasteiger partial charge in [-0.15, -0.1) is 0 Å². The topological polar surface area (TPSA) is 100 Å². The van der Waals surface area contributed by atoms with E-state index in [1.54, 1.807) is 7.05 Å². The Hall–Kier alpha value is -3.87. The summed E-state index contributed by atoms with van der Waals surface area (Å²) in [5.41, 5.74) is 8.41. The van der Waals surface area contributed by atoms with Crippen molar-refractivity contribution in [3.05, 3.63) is 75.8 Å². The first kappa shape index (κ1) is 19.4. The second-order valence-electron chi connectivity index (χ2n) is 6.92. The fraction of sp³-hybridized carbons (Fsp3) is 0.174. The van der Waals surface area contributed by atoms with E-state index in [1.165, 1.54) is 24.1 Å². The number of methoxy groups -OCH3 is 1. The summed E-state index contributed by atoms with van der Waals surface area (Å²) >= 11 is 0. The van der Waals surface area contributed by atoms with Gasteiger partial charge in [0, 0.05) is 18.5 Å². The molecule has 152 valence electrons. The van der Waals surface area contributed by atoms with Gasteiger partial charge in [0.15, 0.2) is 5.58 Å². The van der Waals surface area contributed by atoms with Crippen molar-refractivity contribution in [2.45, 2.75) is 13.3 Å². The molecule has 2 N–H and O–H groups in total. The Morgan fingerprint density at radius 2 is 1.97 bits per heavy atom. The second kappa shape index (κ2) is 7.51. The van der Waals surface area contributed by atoms with Crippen molar-refractivity contribution in [3.63, 3.8) is 0 Å². The maximum absolute atomic E-state index is 13.5. The van der Waals surface area contributed by atoms with Crippen LogP contribution in [0.2, 0.25) is 0 Å². The summed E-state index contributed by atoms with van der Waals surface area (Å²) in [4.78, 5) is 26.0. The van der Waals surface area contributed by atoms with Gasteiger partial charge in [0.05, 0.1) is 18.9 Å². The van der Waals surface area contributed by atoms with Crippen LogP contribution in [-0.4, -0.2) is 22.7 Å². The van der Waals surface area contributed by atoms with Gasteiger partial charge >= 0.3 is 5.63 Å². The van der Waals surface area contributed by atoms with Crippen molar-refractivity contribution in [2.75, 3.05) is 12.8 Å². The van der Waals surface area contributed by atoms with Gasteiger partial charge in [-0.3, -0.25) is 9.48 Å². The van der Waals surface area contributed by atoms with Crippen LogP contribution in [0.25, 0.3) is 22.1 Å². The molecule has 2 aromatic heterocycles. The molecule has 2 aromatic carbocycles. The van der Waals surface area contributed by atoms with Gasteiger partial charge in [0.25, 0.3) is 0 Å². The van der Waals surface area contributed by atoms with Crippen LogP contribution in [0.3, 0.4) is 0 Å². The quantitative estimate of drug-likeness (QED) is 0.404. The Bertz CT molecular complexity index is 1320. The van der Waals surface area contributed by atoms with Gasteiger partial charge < -0.3 is 14.9 Å². The standard InChI is InChI=1S/C23H21N3O4/c1-4-13-10-16-15(14-8-6-5-7-9-14)11-18(27)30-22(16)19(21(13)29-3)20(28)17-12-25-26(2)23(17)24/h5-12H,4,24H2,1-3H3. The lowest BCUT2D eigenvalue weighted by molar-refractivity contribution is 0.103. The van der Waals surface area contributed by atoms with Gasteiger partial charge in [-0.05, 0) is 29.2 Å². The molecule has 0 radical (unpaired) electrons. The lowest BCUT2D eigenvalue weighted by Crippen LogP contribution is -2.11. The highest BCUT2D eigenvalue weighted by molar-refractivity contribution is 6.20. The second-order valence-corrected chi connectivity index (χ2v) is 6.92. The van der Waals surface area contributed by atoms with Gasteiger partial charge in [-0.1, -0.05) is 37.3 Å². The minimum Gasteiger partial charge on any atom is -0.496 e. The first-order valence-electron chi connectivity index (χ1n) is 9.51. The number of aryl methyl sites for hydroxylation is 2. The molecule has 0 bridgehead atoms. The molecule has 2 heterocycles. The maximum atomic E-state index is 13.5. The molecule has 0 unspecified atom stereocenters. The summed E-state index contributed by atoms with van der Waals surface area (Å²) in [6, 6.07) is 12.8. The number of hydrogen-bond acceptors (Lipinski definition) is 6. The highest BCUT2D eigenvalue weighted by atomic mass is 16.5. The van der Waals surface area contributed by atoms with E-state index >= 15 is 0 Å². The molecule has 7 nitrogen and oxygen atoms in total. The average molecular weight is 403 g/mol. The van der Waals surface area contributed by atoms with Crippen molar-refractivity contribution in [3.8, 4) is 16.9 Å². The molecule has 30 heavy (non-hydrogen) atoms. The van der Waals surface area contributed by atoms with Gasteiger partial charge in [0.1, 0.15) is 17.1 Å². The molecule has 4 rings (SSSR count). The van der Waals surface area contributed by atoms with E-state index in [9.17, 15) is 9.59 Å². The number of anilines is 1. The number of ether oxygens (including phenoxy) is 1. The summed E-state index contributed by atoms with van der Waals surface area (Å²) in [7, 11) is 3.14. The third-order valence-corrected chi connectivity index (χ3v) is 5.19. The number of fused-ring (bicyclic) bond motifs is 1. The lowest BCUT2D eigenvalue weighted by atomic mass is 9.93. The average Bonchev–Trinajstić information content (AvgIpc) is 3.10. The van der Waals surface area contributed by atoms with E-state index in [0.717, 1.165) is 11.1 Å². The fourth-order valence-electron chi connectivity index (χ4n) is 3.65. The molecule has 0 aliphatic carbocycles. The van der Waals surface area contributed by atoms with Gasteiger partial charge in [0.2, 0.25) is 5.78 Å². The fourth-order valence-corrected chi connectivity index (χ4v) is 3.65. The van der Waals surface area contributed by atoms with Crippen LogP contribution in [0, 0.1) is 0 Å². The molecular formula is C23H21N3O4. The van der Waals surface area contributed by atoms with Crippen LogP contribution in [-0.2, 0) is 13.5 Å². The van der Waals surface area contributed by atoms with Gasteiger partial charge in [-0.2, -0.15) is 5.10 Å². The highest BCUT2D eigenvalue weighted by Gasteiger charge is 2.27. The number of nitrogen functional groups attached to an aromatic ring is 1. The predicted octanol–water partition coefficient (Wildman–Crippen LogP) is 3.58. The van der Waals surface area contributed by atoms with Crippen LogP contribution in [0.5, 0.6) is 5.75 Å². The first-order chi connectivity index (χ1) is 14.5. The molecule has 0 atom stereocenters. The number of aromatic nitrogens is 2. The maximum Gasteiger partial charge on any atom is 0.336 e. The first-order valence-corrected chi connectivity index (χ1v) is 9.51. The van der Waals surface area contributed by atoms with E-state index < -0.39 is 11.4 Å². The van der Waals surface area contributed by atoms with Gasteiger partial charge in [-0.25, -0.2) is 4.79 Å². The molecule has 4 aromatic rings. The van der Waals surface area contributed by atoms with Crippen LogP contribution >= 0.6 is 0 Å². The molecule has 0 aliphatic rings. The zero-order chi connectivity index (χ0) is 21.4. The number of carbonyl (C=O) groups excluding carboxylic acids is 1. The van der Waals surface area contributed by atoms with E-state index in [0.29, 0.717) is 23.1 Å². The summed E-state index contributed by atoms with van der Waals surface area (Å²) < 4.78 is 12.6. The SMILES string of the molecule is CCc1cc2c(-c3ccccc3)cc(=O)oc2c(C(=O)c2cnn(C)c2N)c1OC. The molecule has 0 fully saturated rings. The third kappa shape index (κ3) is 3.04. The lowest BCUT2D eigenvalue weighted by Gasteiger charge is -2.16. The van der Waals surface area contributed by atoms with Crippen LogP contribution < -0.4 is 16.1 Å². The number of hydrogen-bond donors (Lipinski definition) is 1. The molecule has 7 heteroatoms. The number of benzene rings is 2. The van der Waals surface area contributed by atoms with Crippen molar-refractivity contribution in [2.24, 2.45) is 7.05 Å². The number of ketones is 1. The van der Waals surface area contributed by atoms with Crippen LogP contribution in [0.4, 0.5) is 5.82 Å². The normalized spacial score (nSPS) is 11.0. The summed E-state index contributed by atoms with van der Waals surface area (Å²) in [5.74, 6) is 0.177. The van der Waals surface area contributed by atoms with Crippen molar-refractivity contribution >= 4 is 22.6 Å². The Morgan fingerprint density at radius 1 is 1.23 bits per heavy atom. The zero-order valence-electron chi connectivity index (χ0n) is 16.9. The van der Waals surface area contributed by atoms with Crippen LogP contribution in [0.1, 0.15) is 28.4 Å². The number of nitrogens with two attached hydrogens (primary N) is 1. The van der Waals surface area contributed by atoms with Crippen molar-refractivity contribution < 1.29 is 13.9 Å².